The highest BCUT2D eigenvalue weighted by molar-refractivity contribution is 7.48. The highest BCUT2D eigenvalue weighted by Gasteiger charge is 2.22. The standard InChI is InChI=1S/C16H19O5P/c1-19-22(18,20-2)21-12-14-8-13(11-17)9-16(10-14)15-6-4-3-5-7-15/h3-10,17H,11-12H2,1-2H3. The molecule has 0 bridgehead atoms. The summed E-state index contributed by atoms with van der Waals surface area (Å²) in [5.41, 5.74) is 3.51. The summed E-state index contributed by atoms with van der Waals surface area (Å²) in [6.45, 7) is -0.0213. The lowest BCUT2D eigenvalue weighted by atomic mass is 10.0. The normalized spacial score (nSPS) is 11.6. The van der Waals surface area contributed by atoms with Gasteiger partial charge in [0.2, 0.25) is 0 Å². The summed E-state index contributed by atoms with van der Waals surface area (Å²) in [5.74, 6) is 0. The third-order valence-electron chi connectivity index (χ3n) is 3.18. The average molecular weight is 322 g/mol. The molecule has 2 aromatic carbocycles. The van der Waals surface area contributed by atoms with Crippen LogP contribution in [0.1, 0.15) is 11.1 Å². The van der Waals surface area contributed by atoms with E-state index in [1.807, 2.05) is 42.5 Å². The minimum atomic E-state index is -3.52. The maximum atomic E-state index is 11.9. The van der Waals surface area contributed by atoms with Crippen molar-refractivity contribution in [1.82, 2.24) is 0 Å². The lowest BCUT2D eigenvalue weighted by Gasteiger charge is -2.14. The lowest BCUT2D eigenvalue weighted by molar-refractivity contribution is 0.145. The minimum absolute atomic E-state index is 0.0621. The number of aliphatic hydroxyl groups is 1. The fourth-order valence-corrected chi connectivity index (χ4v) is 2.74. The van der Waals surface area contributed by atoms with Crippen LogP contribution in [0.2, 0.25) is 0 Å². The molecule has 5 nitrogen and oxygen atoms in total. The number of hydrogen-bond acceptors (Lipinski definition) is 5. The van der Waals surface area contributed by atoms with Crippen LogP contribution in [0.15, 0.2) is 48.5 Å². The molecular weight excluding hydrogens is 303 g/mol. The zero-order chi connectivity index (χ0) is 16.0. The predicted molar refractivity (Wildman–Crippen MR) is 84.2 cm³/mol. The van der Waals surface area contributed by atoms with Crippen LogP contribution in [0.3, 0.4) is 0 Å². The van der Waals surface area contributed by atoms with Gasteiger partial charge in [-0.05, 0) is 34.4 Å². The van der Waals surface area contributed by atoms with E-state index in [0.717, 1.165) is 22.3 Å². The van der Waals surface area contributed by atoms with Crippen LogP contribution in [0, 0.1) is 0 Å². The molecular formula is C16H19O5P. The van der Waals surface area contributed by atoms with Gasteiger partial charge in [-0.2, -0.15) is 0 Å². The van der Waals surface area contributed by atoms with E-state index in [2.05, 4.69) is 0 Å². The van der Waals surface area contributed by atoms with Crippen molar-refractivity contribution in [2.45, 2.75) is 13.2 Å². The van der Waals surface area contributed by atoms with E-state index >= 15 is 0 Å². The molecule has 1 N–H and O–H groups in total. The van der Waals surface area contributed by atoms with E-state index in [1.165, 1.54) is 14.2 Å². The molecule has 0 heterocycles. The summed E-state index contributed by atoms with van der Waals surface area (Å²) in [7, 11) is -0.984. The van der Waals surface area contributed by atoms with Crippen LogP contribution >= 0.6 is 7.82 Å². The molecule has 0 aliphatic heterocycles. The Labute approximate surface area is 130 Å². The number of phosphoric ester groups is 1. The summed E-state index contributed by atoms with van der Waals surface area (Å²) in [6.07, 6.45) is 0. The number of hydrogen-bond donors (Lipinski definition) is 1. The molecule has 0 aliphatic carbocycles. The fourth-order valence-electron chi connectivity index (χ4n) is 2.07. The third kappa shape index (κ3) is 4.26. The van der Waals surface area contributed by atoms with Gasteiger partial charge in [0.1, 0.15) is 0 Å². The zero-order valence-electron chi connectivity index (χ0n) is 12.6. The van der Waals surface area contributed by atoms with Gasteiger partial charge in [-0.25, -0.2) is 4.57 Å². The van der Waals surface area contributed by atoms with E-state index in [9.17, 15) is 9.67 Å². The van der Waals surface area contributed by atoms with Gasteiger partial charge >= 0.3 is 7.82 Å². The molecule has 0 atom stereocenters. The maximum Gasteiger partial charge on any atom is 0.474 e. The first-order valence-electron chi connectivity index (χ1n) is 6.75. The monoisotopic (exact) mass is 322 g/mol. The summed E-state index contributed by atoms with van der Waals surface area (Å²) >= 11 is 0. The van der Waals surface area contributed by atoms with Crippen LogP contribution in [0.4, 0.5) is 0 Å². The Hall–Kier alpha value is -1.49. The van der Waals surface area contributed by atoms with Gasteiger partial charge in [-0.15, -0.1) is 0 Å². The number of rotatable bonds is 7. The molecule has 0 aliphatic rings. The van der Waals surface area contributed by atoms with E-state index in [-0.39, 0.29) is 13.2 Å². The van der Waals surface area contributed by atoms with Crippen molar-refractivity contribution in [2.75, 3.05) is 14.2 Å². The van der Waals surface area contributed by atoms with Gasteiger partial charge in [0.25, 0.3) is 0 Å². The Kier molecular flexibility index (Phi) is 5.89. The molecule has 2 rings (SSSR count). The van der Waals surface area contributed by atoms with Crippen molar-refractivity contribution < 1.29 is 23.2 Å². The van der Waals surface area contributed by atoms with Crippen LogP contribution < -0.4 is 0 Å². The van der Waals surface area contributed by atoms with Gasteiger partial charge in [0, 0.05) is 14.2 Å². The topological polar surface area (TPSA) is 65.0 Å². The maximum absolute atomic E-state index is 11.9. The number of phosphoric acid groups is 1. The fraction of sp³-hybridized carbons (Fsp3) is 0.250. The molecule has 22 heavy (non-hydrogen) atoms. The molecule has 0 amide bonds. The largest absolute Gasteiger partial charge is 0.474 e. The number of aliphatic hydroxyl groups excluding tert-OH is 1. The Bertz CT molecular complexity index is 649. The summed E-state index contributed by atoms with van der Waals surface area (Å²) in [4.78, 5) is 0. The Balaban J connectivity index is 2.27. The second-order valence-corrected chi connectivity index (χ2v) is 6.53. The summed E-state index contributed by atoms with van der Waals surface area (Å²) < 4.78 is 26.6. The molecule has 0 unspecified atom stereocenters. The predicted octanol–water partition coefficient (Wildman–Crippen LogP) is 3.76. The van der Waals surface area contributed by atoms with E-state index in [4.69, 9.17) is 13.6 Å². The van der Waals surface area contributed by atoms with Crippen molar-refractivity contribution >= 4 is 7.82 Å². The van der Waals surface area contributed by atoms with Gasteiger partial charge < -0.3 is 5.11 Å². The van der Waals surface area contributed by atoms with Crippen LogP contribution in [0.25, 0.3) is 11.1 Å². The molecule has 0 saturated heterocycles. The Morgan fingerprint density at radius 3 is 2.18 bits per heavy atom. The van der Waals surface area contributed by atoms with Gasteiger partial charge in [-0.3, -0.25) is 13.6 Å². The van der Waals surface area contributed by atoms with Gasteiger partial charge in [0.05, 0.1) is 13.2 Å². The lowest BCUT2D eigenvalue weighted by Crippen LogP contribution is -1.97. The van der Waals surface area contributed by atoms with Crippen molar-refractivity contribution in [1.29, 1.82) is 0 Å². The highest BCUT2D eigenvalue weighted by Crippen LogP contribution is 2.48. The average Bonchev–Trinajstić information content (AvgIpc) is 2.60. The summed E-state index contributed by atoms with van der Waals surface area (Å²) in [5, 5.41) is 9.41. The zero-order valence-corrected chi connectivity index (χ0v) is 13.5. The first-order valence-corrected chi connectivity index (χ1v) is 8.21. The van der Waals surface area contributed by atoms with Crippen molar-refractivity contribution in [3.63, 3.8) is 0 Å². The van der Waals surface area contributed by atoms with Crippen LogP contribution in [-0.4, -0.2) is 19.3 Å². The molecule has 0 fully saturated rings. The van der Waals surface area contributed by atoms with Crippen LogP contribution in [0.5, 0.6) is 0 Å². The molecule has 118 valence electrons. The Morgan fingerprint density at radius 2 is 1.59 bits per heavy atom. The molecule has 0 saturated carbocycles. The van der Waals surface area contributed by atoms with Crippen molar-refractivity contribution in [2.24, 2.45) is 0 Å². The SMILES string of the molecule is COP(=O)(OC)OCc1cc(CO)cc(-c2ccccc2)c1. The summed E-state index contributed by atoms with van der Waals surface area (Å²) in [6, 6.07) is 15.4. The molecule has 6 heteroatoms. The first kappa shape index (κ1) is 16.9. The van der Waals surface area contributed by atoms with E-state index < -0.39 is 7.82 Å². The second-order valence-electron chi connectivity index (χ2n) is 4.65. The molecule has 2 aromatic rings. The van der Waals surface area contributed by atoms with E-state index in [0.29, 0.717) is 0 Å². The highest BCUT2D eigenvalue weighted by atomic mass is 31.2. The third-order valence-corrected chi connectivity index (χ3v) is 4.52. The van der Waals surface area contributed by atoms with Gasteiger partial charge in [-0.1, -0.05) is 36.4 Å². The molecule has 0 spiro atoms. The first-order chi connectivity index (χ1) is 10.6. The second kappa shape index (κ2) is 7.68. The smallest absolute Gasteiger partial charge is 0.392 e. The van der Waals surface area contributed by atoms with Crippen molar-refractivity contribution in [3.8, 4) is 11.1 Å². The van der Waals surface area contributed by atoms with Crippen molar-refractivity contribution in [3.05, 3.63) is 59.7 Å². The molecule has 0 aromatic heterocycles. The quantitative estimate of drug-likeness (QED) is 0.786. The van der Waals surface area contributed by atoms with E-state index in [1.54, 1.807) is 6.07 Å². The Morgan fingerprint density at radius 1 is 0.955 bits per heavy atom. The molecule has 0 radical (unpaired) electrons. The number of benzene rings is 2. The minimum Gasteiger partial charge on any atom is -0.392 e. The van der Waals surface area contributed by atoms with Crippen LogP contribution in [-0.2, 0) is 31.4 Å². The van der Waals surface area contributed by atoms with Gasteiger partial charge in [0.15, 0.2) is 0 Å².